The van der Waals surface area contributed by atoms with Crippen LogP contribution in [0.15, 0.2) is 12.4 Å². The smallest absolute Gasteiger partial charge is 0.0930 e. The van der Waals surface area contributed by atoms with E-state index in [9.17, 15) is 5.11 Å². The van der Waals surface area contributed by atoms with Crippen LogP contribution < -0.4 is 5.73 Å². The van der Waals surface area contributed by atoms with Crippen LogP contribution in [0.4, 0.5) is 0 Å². The lowest BCUT2D eigenvalue weighted by molar-refractivity contribution is 0.186. The molecule has 1 heterocycles. The van der Waals surface area contributed by atoms with Gasteiger partial charge in [0.15, 0.2) is 0 Å². The molecular formula is C8H11ClN2O. The van der Waals surface area contributed by atoms with Gasteiger partial charge in [0.1, 0.15) is 0 Å². The van der Waals surface area contributed by atoms with Gasteiger partial charge in [0.25, 0.3) is 0 Å². The maximum absolute atomic E-state index is 9.45. The van der Waals surface area contributed by atoms with Crippen LogP contribution >= 0.6 is 11.6 Å². The summed E-state index contributed by atoms with van der Waals surface area (Å²) in [4.78, 5) is 3.88. The average molecular weight is 187 g/mol. The molecule has 4 heteroatoms. The number of pyridine rings is 1. The normalized spacial score (nSPS) is 13.0. The van der Waals surface area contributed by atoms with Crippen LogP contribution in [0.5, 0.6) is 0 Å². The quantitative estimate of drug-likeness (QED) is 0.726. The highest BCUT2D eigenvalue weighted by Gasteiger charge is 2.12. The summed E-state index contributed by atoms with van der Waals surface area (Å²) in [6.07, 6.45) is 2.46. The summed E-state index contributed by atoms with van der Waals surface area (Å²) in [7, 11) is 0. The van der Waals surface area contributed by atoms with Gasteiger partial charge in [0, 0.05) is 24.5 Å². The molecular weight excluding hydrogens is 176 g/mol. The zero-order valence-corrected chi connectivity index (χ0v) is 7.54. The van der Waals surface area contributed by atoms with Gasteiger partial charge in [-0.05, 0) is 12.5 Å². The van der Waals surface area contributed by atoms with Gasteiger partial charge in [0.2, 0.25) is 0 Å². The van der Waals surface area contributed by atoms with Crippen molar-refractivity contribution in [2.75, 3.05) is 6.54 Å². The second-order valence-corrected chi connectivity index (χ2v) is 3.01. The number of rotatable bonds is 2. The average Bonchev–Trinajstić information content (AvgIpc) is 2.03. The van der Waals surface area contributed by atoms with Crippen LogP contribution in [0.25, 0.3) is 0 Å². The molecule has 1 rings (SSSR count). The molecule has 0 amide bonds. The summed E-state index contributed by atoms with van der Waals surface area (Å²) in [5, 5.41) is 9.92. The van der Waals surface area contributed by atoms with Crippen LogP contribution in [0.3, 0.4) is 0 Å². The lowest BCUT2D eigenvalue weighted by Gasteiger charge is -2.12. The van der Waals surface area contributed by atoms with Gasteiger partial charge in [-0.3, -0.25) is 4.98 Å². The molecule has 0 bridgehead atoms. The number of hydrogen-bond donors (Lipinski definition) is 2. The second kappa shape index (κ2) is 3.85. The summed E-state index contributed by atoms with van der Waals surface area (Å²) in [5.41, 5.74) is 6.85. The molecule has 0 saturated heterocycles. The van der Waals surface area contributed by atoms with Crippen molar-refractivity contribution in [3.05, 3.63) is 28.5 Å². The number of aliphatic hydroxyl groups excluding tert-OH is 1. The van der Waals surface area contributed by atoms with Crippen molar-refractivity contribution in [3.63, 3.8) is 0 Å². The molecule has 0 aliphatic rings. The van der Waals surface area contributed by atoms with Gasteiger partial charge in [-0.1, -0.05) is 11.6 Å². The Hall–Kier alpha value is -0.640. The fourth-order valence-corrected chi connectivity index (χ4v) is 1.41. The minimum absolute atomic E-state index is 0.171. The Morgan fingerprint density at radius 1 is 1.67 bits per heavy atom. The summed E-state index contributed by atoms with van der Waals surface area (Å²) >= 11 is 5.83. The molecule has 0 aliphatic heterocycles. The molecule has 1 atom stereocenters. The Labute approximate surface area is 76.2 Å². The molecule has 0 saturated carbocycles. The first-order valence-electron chi connectivity index (χ1n) is 3.65. The number of aryl methyl sites for hydroxylation is 1. The fourth-order valence-electron chi connectivity index (χ4n) is 1.08. The first kappa shape index (κ1) is 9.45. The third-order valence-corrected chi connectivity index (χ3v) is 2.00. The van der Waals surface area contributed by atoms with Crippen molar-refractivity contribution in [2.24, 2.45) is 5.73 Å². The van der Waals surface area contributed by atoms with Crippen LogP contribution in [-0.4, -0.2) is 16.6 Å². The van der Waals surface area contributed by atoms with Crippen LogP contribution in [-0.2, 0) is 0 Å². The summed E-state index contributed by atoms with van der Waals surface area (Å²) in [5.74, 6) is 0. The van der Waals surface area contributed by atoms with Crippen molar-refractivity contribution in [1.82, 2.24) is 4.98 Å². The van der Waals surface area contributed by atoms with E-state index in [0.29, 0.717) is 10.6 Å². The third kappa shape index (κ3) is 1.75. The fraction of sp³-hybridized carbons (Fsp3) is 0.375. The van der Waals surface area contributed by atoms with E-state index in [4.69, 9.17) is 17.3 Å². The molecule has 0 fully saturated rings. The zero-order valence-electron chi connectivity index (χ0n) is 6.79. The van der Waals surface area contributed by atoms with Crippen LogP contribution in [0, 0.1) is 6.92 Å². The summed E-state index contributed by atoms with van der Waals surface area (Å²) < 4.78 is 0. The molecule has 1 aromatic heterocycles. The van der Waals surface area contributed by atoms with Crippen molar-refractivity contribution in [2.45, 2.75) is 13.0 Å². The van der Waals surface area contributed by atoms with Gasteiger partial charge in [-0.25, -0.2) is 0 Å². The maximum Gasteiger partial charge on any atom is 0.0930 e. The number of aliphatic hydroxyl groups is 1. The summed E-state index contributed by atoms with van der Waals surface area (Å²) in [6, 6.07) is 0. The molecule has 3 N–H and O–H groups in total. The largest absolute Gasteiger partial charge is 0.387 e. The van der Waals surface area contributed by atoms with Gasteiger partial charge in [-0.2, -0.15) is 0 Å². The Bertz CT molecular complexity index is 258. The van der Waals surface area contributed by atoms with Crippen molar-refractivity contribution in [1.29, 1.82) is 0 Å². The van der Waals surface area contributed by atoms with E-state index in [1.165, 1.54) is 6.20 Å². The van der Waals surface area contributed by atoms with E-state index in [-0.39, 0.29) is 6.54 Å². The van der Waals surface area contributed by atoms with Crippen molar-refractivity contribution < 1.29 is 5.11 Å². The molecule has 66 valence electrons. The molecule has 0 spiro atoms. The highest BCUT2D eigenvalue weighted by Crippen LogP contribution is 2.24. The summed E-state index contributed by atoms with van der Waals surface area (Å²) in [6.45, 7) is 2.01. The first-order chi connectivity index (χ1) is 5.66. The van der Waals surface area contributed by atoms with E-state index in [0.717, 1.165) is 5.56 Å². The SMILES string of the molecule is Cc1cncc(Cl)c1C(O)CN. The Kier molecular flexibility index (Phi) is 3.03. The topological polar surface area (TPSA) is 59.1 Å². The van der Waals surface area contributed by atoms with E-state index in [1.807, 2.05) is 6.92 Å². The Morgan fingerprint density at radius 2 is 2.33 bits per heavy atom. The standard InChI is InChI=1S/C8H11ClN2O/c1-5-3-11-4-6(9)8(5)7(12)2-10/h3-4,7,12H,2,10H2,1H3. The van der Waals surface area contributed by atoms with E-state index >= 15 is 0 Å². The molecule has 1 unspecified atom stereocenters. The van der Waals surface area contributed by atoms with E-state index in [2.05, 4.69) is 4.98 Å². The van der Waals surface area contributed by atoms with Crippen LogP contribution in [0.1, 0.15) is 17.2 Å². The minimum atomic E-state index is -0.694. The number of nitrogens with zero attached hydrogens (tertiary/aromatic N) is 1. The molecule has 3 nitrogen and oxygen atoms in total. The molecule has 12 heavy (non-hydrogen) atoms. The third-order valence-electron chi connectivity index (χ3n) is 1.69. The number of aromatic nitrogens is 1. The van der Waals surface area contributed by atoms with Crippen molar-refractivity contribution in [3.8, 4) is 0 Å². The van der Waals surface area contributed by atoms with Gasteiger partial charge in [-0.15, -0.1) is 0 Å². The van der Waals surface area contributed by atoms with Gasteiger partial charge in [0.05, 0.1) is 11.1 Å². The second-order valence-electron chi connectivity index (χ2n) is 2.60. The van der Waals surface area contributed by atoms with Gasteiger partial charge < -0.3 is 10.8 Å². The number of nitrogens with two attached hydrogens (primary N) is 1. The monoisotopic (exact) mass is 186 g/mol. The minimum Gasteiger partial charge on any atom is -0.387 e. The molecule has 0 aliphatic carbocycles. The molecule has 0 radical (unpaired) electrons. The van der Waals surface area contributed by atoms with E-state index < -0.39 is 6.10 Å². The Morgan fingerprint density at radius 3 is 2.83 bits per heavy atom. The zero-order chi connectivity index (χ0) is 9.14. The van der Waals surface area contributed by atoms with E-state index in [1.54, 1.807) is 6.20 Å². The predicted octanol–water partition coefficient (Wildman–Crippen LogP) is 1.04. The molecule has 1 aromatic rings. The lowest BCUT2D eigenvalue weighted by Crippen LogP contribution is -2.13. The van der Waals surface area contributed by atoms with Crippen molar-refractivity contribution >= 4 is 11.6 Å². The lowest BCUT2D eigenvalue weighted by atomic mass is 10.1. The maximum atomic E-state index is 9.45. The first-order valence-corrected chi connectivity index (χ1v) is 4.02. The Balaban J connectivity index is 3.12. The number of hydrogen-bond acceptors (Lipinski definition) is 3. The highest BCUT2D eigenvalue weighted by molar-refractivity contribution is 6.31. The van der Waals surface area contributed by atoms with Gasteiger partial charge >= 0.3 is 0 Å². The van der Waals surface area contributed by atoms with Crippen LogP contribution in [0.2, 0.25) is 5.02 Å². The number of halogens is 1. The molecule has 0 aromatic carbocycles. The highest BCUT2D eigenvalue weighted by atomic mass is 35.5. The predicted molar refractivity (Wildman–Crippen MR) is 48.0 cm³/mol.